The fraction of sp³-hybridized carbons (Fsp3) is 0.517. The molecule has 2 aromatic carbocycles. The fourth-order valence-electron chi connectivity index (χ4n) is 6.72. The van der Waals surface area contributed by atoms with Crippen LogP contribution in [0.1, 0.15) is 61.3 Å². The van der Waals surface area contributed by atoms with Gasteiger partial charge in [0.15, 0.2) is 0 Å². The molecule has 2 aliphatic heterocycles. The van der Waals surface area contributed by atoms with Gasteiger partial charge in [-0.15, -0.1) is 0 Å². The van der Waals surface area contributed by atoms with E-state index in [9.17, 15) is 31.5 Å². The van der Waals surface area contributed by atoms with E-state index in [-0.39, 0.29) is 23.7 Å². The Morgan fingerprint density at radius 1 is 1.05 bits per heavy atom. The van der Waals surface area contributed by atoms with Gasteiger partial charge in [-0.3, -0.25) is 9.59 Å². The van der Waals surface area contributed by atoms with Crippen molar-refractivity contribution in [2.45, 2.75) is 81.2 Å². The predicted octanol–water partition coefficient (Wildman–Crippen LogP) is 5.61. The van der Waals surface area contributed by atoms with E-state index in [1.807, 2.05) is 4.90 Å². The highest BCUT2D eigenvalue weighted by atomic mass is 19.4. The predicted molar refractivity (Wildman–Crippen MR) is 132 cm³/mol. The van der Waals surface area contributed by atoms with Gasteiger partial charge in [0, 0.05) is 31.5 Å². The molecule has 3 aliphatic rings. The van der Waals surface area contributed by atoms with Gasteiger partial charge in [0.2, 0.25) is 17.5 Å². The molecule has 1 unspecified atom stereocenters. The van der Waals surface area contributed by atoms with Gasteiger partial charge < -0.3 is 9.80 Å². The van der Waals surface area contributed by atoms with Crippen molar-refractivity contribution < 1.29 is 31.5 Å². The molecule has 4 atom stereocenters. The van der Waals surface area contributed by atoms with E-state index in [1.54, 1.807) is 25.2 Å². The van der Waals surface area contributed by atoms with E-state index in [2.05, 4.69) is 0 Å². The minimum Gasteiger partial charge on any atom is -0.337 e. The SMILES string of the molecule is CN1C(=O)CCC[C@H]1C(=O)N1CC[C@@]2(Cc3ccc(F)cc3)c3ccc(C(C)(F)C(F)(F)F)cc3CC[C@@H]12. The molecule has 1 aliphatic carbocycles. The lowest BCUT2D eigenvalue weighted by Crippen LogP contribution is -2.55. The Balaban J connectivity index is 1.55. The number of carbonyl (C=O) groups is 2. The third kappa shape index (κ3) is 4.28. The second-order valence-electron chi connectivity index (χ2n) is 11.1. The molecule has 0 spiro atoms. The Labute approximate surface area is 218 Å². The number of amides is 2. The first-order valence-electron chi connectivity index (χ1n) is 13.1. The lowest BCUT2D eigenvalue weighted by atomic mass is 9.63. The third-order valence-corrected chi connectivity index (χ3v) is 8.95. The van der Waals surface area contributed by atoms with Crippen LogP contribution in [0.4, 0.5) is 22.0 Å². The van der Waals surface area contributed by atoms with Gasteiger partial charge in [0.05, 0.1) is 0 Å². The molecular weight excluding hydrogens is 503 g/mol. The van der Waals surface area contributed by atoms with Crippen LogP contribution in [-0.4, -0.2) is 53.5 Å². The molecule has 2 heterocycles. The Hall–Kier alpha value is -2.97. The maximum atomic E-state index is 14.8. The van der Waals surface area contributed by atoms with Crippen molar-refractivity contribution in [1.29, 1.82) is 0 Å². The first kappa shape index (κ1) is 26.6. The molecule has 4 nitrogen and oxygen atoms in total. The molecule has 2 amide bonds. The molecule has 2 aromatic rings. The molecule has 0 bridgehead atoms. The largest absolute Gasteiger partial charge is 0.426 e. The minimum absolute atomic E-state index is 0.0631. The van der Waals surface area contributed by atoms with Crippen molar-refractivity contribution in [3.8, 4) is 0 Å². The van der Waals surface area contributed by atoms with Gasteiger partial charge in [0.25, 0.3) is 0 Å². The number of carbonyl (C=O) groups excluding carboxylic acids is 2. The van der Waals surface area contributed by atoms with E-state index in [4.69, 9.17) is 0 Å². The van der Waals surface area contributed by atoms with Gasteiger partial charge in [-0.2, -0.15) is 13.2 Å². The number of halogens is 5. The number of benzene rings is 2. The van der Waals surface area contributed by atoms with Gasteiger partial charge >= 0.3 is 6.18 Å². The molecule has 0 radical (unpaired) electrons. The number of nitrogens with zero attached hydrogens (tertiary/aromatic N) is 2. The van der Waals surface area contributed by atoms with Gasteiger partial charge in [0.1, 0.15) is 11.9 Å². The minimum atomic E-state index is -5.05. The van der Waals surface area contributed by atoms with Crippen LogP contribution in [0, 0.1) is 5.82 Å². The van der Waals surface area contributed by atoms with E-state index >= 15 is 0 Å². The zero-order valence-corrected chi connectivity index (χ0v) is 21.5. The summed E-state index contributed by atoms with van der Waals surface area (Å²) in [6.07, 6.45) is -1.49. The number of fused-ring (bicyclic) bond motifs is 3. The summed E-state index contributed by atoms with van der Waals surface area (Å²) < 4.78 is 68.9. The molecule has 0 aromatic heterocycles. The standard InChI is InChI=1S/C29H31F5N2O2/c1-27(31,29(32,33)34)20-9-12-22-19(16-20)8-13-24-28(22,17-18-6-10-21(30)11-7-18)14-15-36(24)26(38)23-4-3-5-25(37)35(23)2/h6-7,9-12,16,23-24H,3-5,8,13-15,17H2,1-2H3/t23-,24+,27?,28+/m0/s1. The molecule has 9 heteroatoms. The second kappa shape index (κ2) is 9.35. The van der Waals surface area contributed by atoms with Crippen LogP contribution in [0.5, 0.6) is 0 Å². The highest BCUT2D eigenvalue weighted by Crippen LogP contribution is 2.51. The van der Waals surface area contributed by atoms with E-state index in [0.29, 0.717) is 64.0 Å². The summed E-state index contributed by atoms with van der Waals surface area (Å²) in [4.78, 5) is 29.4. The third-order valence-electron chi connectivity index (χ3n) is 8.95. The smallest absolute Gasteiger partial charge is 0.337 e. The molecule has 204 valence electrons. The number of alkyl halides is 4. The molecule has 0 saturated carbocycles. The van der Waals surface area contributed by atoms with Crippen molar-refractivity contribution in [2.75, 3.05) is 13.6 Å². The maximum Gasteiger partial charge on any atom is 0.426 e. The lowest BCUT2D eigenvalue weighted by molar-refractivity contribution is -0.228. The van der Waals surface area contributed by atoms with Crippen LogP contribution in [0.3, 0.4) is 0 Å². The number of likely N-dealkylation sites (N-methyl/N-ethyl adjacent to an activating group) is 1. The monoisotopic (exact) mass is 534 g/mol. The van der Waals surface area contributed by atoms with Gasteiger partial charge in [-0.1, -0.05) is 30.3 Å². The molecule has 2 saturated heterocycles. The Kier molecular flexibility index (Phi) is 6.55. The molecule has 5 rings (SSSR count). The summed E-state index contributed by atoms with van der Waals surface area (Å²) in [5.41, 5.74) is -2.25. The quantitative estimate of drug-likeness (QED) is 0.479. The van der Waals surface area contributed by atoms with Crippen molar-refractivity contribution >= 4 is 11.8 Å². The summed E-state index contributed by atoms with van der Waals surface area (Å²) in [5.74, 6) is -0.550. The second-order valence-corrected chi connectivity index (χ2v) is 11.1. The summed E-state index contributed by atoms with van der Waals surface area (Å²) in [7, 11) is 1.65. The van der Waals surface area contributed by atoms with E-state index in [1.165, 1.54) is 29.2 Å². The zero-order valence-electron chi connectivity index (χ0n) is 21.5. The molecule has 0 N–H and O–H groups in total. The van der Waals surface area contributed by atoms with Crippen molar-refractivity contribution in [2.24, 2.45) is 0 Å². The summed E-state index contributed by atoms with van der Waals surface area (Å²) in [6.45, 7) is 0.973. The first-order valence-corrected chi connectivity index (χ1v) is 13.1. The first-order chi connectivity index (χ1) is 17.8. The van der Waals surface area contributed by atoms with Crippen LogP contribution < -0.4 is 0 Å². The highest BCUT2D eigenvalue weighted by Gasteiger charge is 2.56. The van der Waals surface area contributed by atoms with Crippen LogP contribution in [0.25, 0.3) is 0 Å². The number of hydrogen-bond donors (Lipinski definition) is 0. The van der Waals surface area contributed by atoms with Gasteiger partial charge in [-0.25, -0.2) is 8.78 Å². The van der Waals surface area contributed by atoms with Crippen LogP contribution >= 0.6 is 0 Å². The number of likely N-dealkylation sites (tertiary alicyclic amines) is 2. The van der Waals surface area contributed by atoms with Crippen molar-refractivity contribution in [3.63, 3.8) is 0 Å². The summed E-state index contributed by atoms with van der Waals surface area (Å²) in [5, 5.41) is 0. The summed E-state index contributed by atoms with van der Waals surface area (Å²) in [6, 6.07) is 9.44. The van der Waals surface area contributed by atoms with E-state index < -0.39 is 28.9 Å². The fourth-order valence-corrected chi connectivity index (χ4v) is 6.72. The average molecular weight is 535 g/mol. The van der Waals surface area contributed by atoms with Crippen LogP contribution in [0.2, 0.25) is 0 Å². The Bertz CT molecular complexity index is 1240. The highest BCUT2D eigenvalue weighted by molar-refractivity contribution is 5.89. The lowest BCUT2D eigenvalue weighted by Gasteiger charge is -2.45. The van der Waals surface area contributed by atoms with Crippen molar-refractivity contribution in [1.82, 2.24) is 9.80 Å². The Morgan fingerprint density at radius 3 is 2.45 bits per heavy atom. The number of piperidine rings is 1. The average Bonchev–Trinajstić information content (AvgIpc) is 3.25. The summed E-state index contributed by atoms with van der Waals surface area (Å²) >= 11 is 0. The number of rotatable bonds is 4. The maximum absolute atomic E-state index is 14.8. The number of aryl methyl sites for hydroxylation is 1. The van der Waals surface area contributed by atoms with Crippen LogP contribution in [-0.2, 0) is 33.5 Å². The molecule has 38 heavy (non-hydrogen) atoms. The molecule has 2 fully saturated rings. The molecular formula is C29H31F5N2O2. The zero-order chi connectivity index (χ0) is 27.5. The van der Waals surface area contributed by atoms with E-state index in [0.717, 1.165) is 11.1 Å². The topological polar surface area (TPSA) is 40.6 Å². The van der Waals surface area contributed by atoms with Gasteiger partial charge in [-0.05, 0) is 79.8 Å². The Morgan fingerprint density at radius 2 is 1.76 bits per heavy atom. The van der Waals surface area contributed by atoms with Crippen LogP contribution in [0.15, 0.2) is 42.5 Å². The number of hydrogen-bond acceptors (Lipinski definition) is 2. The normalized spacial score (nSPS) is 27.1. The van der Waals surface area contributed by atoms with Crippen molar-refractivity contribution in [3.05, 3.63) is 70.5 Å².